The minimum absolute atomic E-state index is 0. The molecule has 2 aliphatic rings. The summed E-state index contributed by atoms with van der Waals surface area (Å²) in [5.74, 6) is 2.75. The van der Waals surface area contributed by atoms with E-state index >= 15 is 0 Å². The molecule has 12 heteroatoms. The number of para-hydroxylation sites is 3. The molecule has 0 aliphatic carbocycles. The van der Waals surface area contributed by atoms with Crippen molar-refractivity contribution in [3.8, 4) is 17.2 Å². The predicted octanol–water partition coefficient (Wildman–Crippen LogP) is 9.28. The van der Waals surface area contributed by atoms with Gasteiger partial charge in [0.15, 0.2) is 18.1 Å². The quantitative estimate of drug-likeness (QED) is 0.0575. The molecular weight excluding hydrogens is 733 g/mol. The first kappa shape index (κ1) is 53.3. The van der Waals surface area contributed by atoms with Crippen LogP contribution < -0.4 is 14.2 Å². The van der Waals surface area contributed by atoms with E-state index in [1.54, 1.807) is 6.08 Å². The van der Waals surface area contributed by atoms with Gasteiger partial charge < -0.3 is 42.1 Å². The van der Waals surface area contributed by atoms with E-state index in [0.29, 0.717) is 38.6 Å². The molecule has 0 bridgehead atoms. The molecule has 9 nitrogen and oxygen atoms in total. The third-order valence-corrected chi connectivity index (χ3v) is 14.2. The summed E-state index contributed by atoms with van der Waals surface area (Å²) in [5.41, 5.74) is 0. The van der Waals surface area contributed by atoms with Gasteiger partial charge in [-0.1, -0.05) is 101 Å². The lowest BCUT2D eigenvalue weighted by atomic mass is 10.3. The van der Waals surface area contributed by atoms with Crippen LogP contribution in [-0.4, -0.2) is 90.6 Å². The topological polar surface area (TPSA) is 112 Å². The fraction of sp³-hybridized carbons (Fsp3) is 0.524. The Morgan fingerprint density at radius 2 is 0.963 bits per heavy atom. The van der Waals surface area contributed by atoms with Crippen LogP contribution in [0.3, 0.4) is 0 Å². The standard InChI is InChI=1S/C12H16O2.2C9H10O2.C6H20O2Si3.2C3H8.H2O/c1-2-9-13-10-6-11-14-12-7-4-3-5-8-12;2*1-2-4-8(5-3-1)10-6-9-7-11-9;1-9(2)7-11(5,6)8-10(3)4;2*1-3-2;/h2-5,7-8H,1,6,9-11H2;2*1-5,9H,6-7H2;9-10H,1-6H3;2*3H2,1-2H3;1H2. The van der Waals surface area contributed by atoms with Gasteiger partial charge in [0.2, 0.25) is 0 Å². The maximum atomic E-state index is 5.84. The number of rotatable bonds is 17. The Hall–Kier alpha value is -2.79. The molecule has 2 aliphatic heterocycles. The molecule has 2 atom stereocenters. The summed E-state index contributed by atoms with van der Waals surface area (Å²) in [6, 6.07) is 29.4. The number of hydrogen-bond acceptors (Lipinski definition) is 8. The summed E-state index contributed by atoms with van der Waals surface area (Å²) in [4.78, 5) is 0. The van der Waals surface area contributed by atoms with Gasteiger partial charge in [-0.2, -0.15) is 0 Å². The van der Waals surface area contributed by atoms with Crippen molar-refractivity contribution >= 4 is 26.6 Å². The summed E-state index contributed by atoms with van der Waals surface area (Å²) in [7, 11) is -3.50. The highest BCUT2D eigenvalue weighted by Gasteiger charge is 2.26. The van der Waals surface area contributed by atoms with Crippen molar-refractivity contribution in [2.45, 2.75) is 98.4 Å². The molecule has 3 aromatic carbocycles. The third-order valence-electron chi connectivity index (χ3n) is 5.88. The van der Waals surface area contributed by atoms with E-state index in [-0.39, 0.29) is 5.48 Å². The molecule has 0 radical (unpaired) electrons. The first-order valence-corrected chi connectivity index (χ1v) is 27.7. The van der Waals surface area contributed by atoms with E-state index in [0.717, 1.165) is 43.5 Å². The molecule has 2 N–H and O–H groups in total. The van der Waals surface area contributed by atoms with Gasteiger partial charge in [0, 0.05) is 6.42 Å². The number of hydrogen-bond donors (Lipinski definition) is 0. The van der Waals surface area contributed by atoms with Crippen LogP contribution >= 0.6 is 0 Å². The smallest absolute Gasteiger partial charge is 0.310 e. The van der Waals surface area contributed by atoms with Crippen LogP contribution in [0.15, 0.2) is 104 Å². The molecule has 5 rings (SSSR count). The maximum Gasteiger partial charge on any atom is 0.310 e. The van der Waals surface area contributed by atoms with Crippen molar-refractivity contribution in [2.75, 3.05) is 46.2 Å². The first-order chi connectivity index (χ1) is 25.5. The number of ether oxygens (including phenoxy) is 6. The molecule has 0 spiro atoms. The second-order valence-corrected chi connectivity index (χ2v) is 22.1. The lowest BCUT2D eigenvalue weighted by Crippen LogP contribution is -2.42. The van der Waals surface area contributed by atoms with Crippen LogP contribution in [0.1, 0.15) is 47.0 Å². The second kappa shape index (κ2) is 35.9. The highest BCUT2D eigenvalue weighted by Crippen LogP contribution is 2.15. The Bertz CT molecular complexity index is 1130. The highest BCUT2D eigenvalue weighted by molar-refractivity contribution is 6.78. The van der Waals surface area contributed by atoms with E-state index in [4.69, 9.17) is 36.7 Å². The van der Waals surface area contributed by atoms with Crippen LogP contribution in [0.25, 0.3) is 0 Å². The Balaban J connectivity index is 0. The van der Waals surface area contributed by atoms with E-state index in [1.165, 1.54) is 12.8 Å². The minimum atomic E-state index is -1.71. The third kappa shape index (κ3) is 37.5. The van der Waals surface area contributed by atoms with Crippen molar-refractivity contribution in [1.82, 2.24) is 0 Å². The Morgan fingerprint density at radius 1 is 0.630 bits per heavy atom. The maximum absolute atomic E-state index is 5.84. The van der Waals surface area contributed by atoms with Gasteiger partial charge in [0.25, 0.3) is 0 Å². The van der Waals surface area contributed by atoms with Crippen molar-refractivity contribution in [3.05, 3.63) is 104 Å². The SMILES string of the molecule is C=CCOCCCOc1ccccc1.CCC.CCC.C[SiH](C)O[Si](C)(C)O[SiH](C)C.O.c1ccc(OCC2CO2)cc1.c1ccc(OCC2CO2)cc1. The Kier molecular flexibility index (Phi) is 35.4. The summed E-state index contributed by atoms with van der Waals surface area (Å²) in [6.07, 6.45) is 5.84. The molecule has 0 aromatic heterocycles. The van der Waals surface area contributed by atoms with Gasteiger partial charge in [0.1, 0.15) is 42.7 Å². The average molecular weight is 807 g/mol. The summed E-state index contributed by atoms with van der Waals surface area (Å²) >= 11 is 0. The van der Waals surface area contributed by atoms with Gasteiger partial charge in [-0.3, -0.25) is 0 Å². The van der Waals surface area contributed by atoms with Gasteiger partial charge >= 0.3 is 8.56 Å². The van der Waals surface area contributed by atoms with Crippen molar-refractivity contribution < 1.29 is 42.1 Å². The van der Waals surface area contributed by atoms with Crippen molar-refractivity contribution in [1.29, 1.82) is 0 Å². The van der Waals surface area contributed by atoms with Crippen LogP contribution in [0.5, 0.6) is 17.2 Å². The average Bonchev–Trinajstić information content (AvgIpc) is 4.06. The monoisotopic (exact) mass is 806 g/mol. The molecule has 2 fully saturated rings. The summed E-state index contributed by atoms with van der Waals surface area (Å²) in [6.45, 7) is 30.2. The molecule has 3 aromatic rings. The Morgan fingerprint density at radius 3 is 1.26 bits per heavy atom. The summed E-state index contributed by atoms with van der Waals surface area (Å²) in [5, 5.41) is 0. The predicted molar refractivity (Wildman–Crippen MR) is 234 cm³/mol. The lowest BCUT2D eigenvalue weighted by Gasteiger charge is -2.27. The van der Waals surface area contributed by atoms with Crippen molar-refractivity contribution in [3.63, 3.8) is 0 Å². The van der Waals surface area contributed by atoms with E-state index in [1.807, 2.05) is 91.0 Å². The molecule has 2 saturated heterocycles. The lowest BCUT2D eigenvalue weighted by molar-refractivity contribution is 0.143. The second-order valence-electron chi connectivity index (χ2n) is 13.2. The first-order valence-electron chi connectivity index (χ1n) is 19.3. The van der Waals surface area contributed by atoms with Crippen LogP contribution in [0.2, 0.25) is 39.3 Å². The molecule has 308 valence electrons. The van der Waals surface area contributed by atoms with E-state index in [2.05, 4.69) is 73.6 Å². The van der Waals surface area contributed by atoms with Crippen molar-refractivity contribution in [2.24, 2.45) is 0 Å². The summed E-state index contributed by atoms with van der Waals surface area (Å²) < 4.78 is 43.2. The minimum Gasteiger partial charge on any atom is -0.494 e. The van der Waals surface area contributed by atoms with Crippen LogP contribution in [0, 0.1) is 0 Å². The zero-order valence-corrected chi connectivity index (χ0v) is 38.4. The Labute approximate surface area is 333 Å². The van der Waals surface area contributed by atoms with Crippen LogP contribution in [0.4, 0.5) is 0 Å². The zero-order valence-electron chi connectivity index (χ0n) is 35.1. The molecule has 0 amide bonds. The van der Waals surface area contributed by atoms with E-state index < -0.39 is 26.6 Å². The number of benzene rings is 3. The highest BCUT2D eigenvalue weighted by atomic mass is 28.5. The zero-order chi connectivity index (χ0) is 39.6. The molecule has 0 saturated carbocycles. The largest absolute Gasteiger partial charge is 0.494 e. The molecule has 54 heavy (non-hydrogen) atoms. The fourth-order valence-electron chi connectivity index (χ4n) is 3.94. The van der Waals surface area contributed by atoms with Gasteiger partial charge in [0.05, 0.1) is 33.0 Å². The van der Waals surface area contributed by atoms with Gasteiger partial charge in [-0.15, -0.1) is 6.58 Å². The normalized spacial score (nSPS) is 14.5. The van der Waals surface area contributed by atoms with Gasteiger partial charge in [-0.25, -0.2) is 0 Å². The fourth-order valence-corrected chi connectivity index (χ4v) is 13.7. The number of epoxide rings is 2. The molecule has 2 heterocycles. The molecule has 2 unspecified atom stereocenters. The van der Waals surface area contributed by atoms with Gasteiger partial charge in [-0.05, 0) is 75.7 Å². The molecular formula is C42H74O9Si3. The van der Waals surface area contributed by atoms with Crippen LogP contribution in [-0.2, 0) is 22.4 Å². The van der Waals surface area contributed by atoms with E-state index in [9.17, 15) is 0 Å².